The lowest BCUT2D eigenvalue weighted by Crippen LogP contribution is -2.33. The molecule has 0 spiro atoms. The summed E-state index contributed by atoms with van der Waals surface area (Å²) in [5.41, 5.74) is 0.831. The monoisotopic (exact) mass is 366 g/mol. The van der Waals surface area contributed by atoms with Gasteiger partial charge in [-0.05, 0) is 37.9 Å². The van der Waals surface area contributed by atoms with Gasteiger partial charge in [-0.1, -0.05) is 0 Å². The first-order chi connectivity index (χ1) is 7.58. The predicted octanol–water partition coefficient (Wildman–Crippen LogP) is 2.39. The third kappa shape index (κ3) is 2.58. The molecule has 1 aromatic heterocycles. The molecule has 1 saturated heterocycles. The van der Waals surface area contributed by atoms with Crippen LogP contribution in [0.25, 0.3) is 0 Å². The predicted molar refractivity (Wildman–Crippen MR) is 69.4 cm³/mol. The first-order valence-corrected chi connectivity index (χ1v) is 7.13. The van der Waals surface area contributed by atoms with Gasteiger partial charge in [0.05, 0.1) is 11.1 Å². The minimum absolute atomic E-state index is 0.0661. The van der Waals surface area contributed by atoms with Crippen LogP contribution in [0.3, 0.4) is 0 Å². The average Bonchev–Trinajstić information content (AvgIpc) is 2.66. The molecule has 0 aromatic carbocycles. The Morgan fingerprint density at radius 3 is 2.94 bits per heavy atom. The Bertz CT molecular complexity index is 430. The number of nitrogens with one attached hydrogen (secondary N) is 1. The largest absolute Gasteiger partial charge is 0.480 e. The van der Waals surface area contributed by atoms with Crippen LogP contribution in [0.15, 0.2) is 21.2 Å². The van der Waals surface area contributed by atoms with E-state index >= 15 is 0 Å². The van der Waals surface area contributed by atoms with Crippen LogP contribution >= 0.6 is 43.6 Å². The van der Waals surface area contributed by atoms with Gasteiger partial charge in [-0.3, -0.25) is 15.1 Å². The highest BCUT2D eigenvalue weighted by Crippen LogP contribution is 2.36. The molecule has 2 atom stereocenters. The molecule has 1 fully saturated rings. The maximum Gasteiger partial charge on any atom is 0.321 e. The van der Waals surface area contributed by atoms with Crippen molar-refractivity contribution >= 4 is 49.6 Å². The number of hydrogen-bond acceptors (Lipinski definition) is 4. The van der Waals surface area contributed by atoms with E-state index in [1.165, 1.54) is 0 Å². The molecule has 1 unspecified atom stereocenters. The van der Waals surface area contributed by atoms with Crippen LogP contribution in [0.1, 0.15) is 11.1 Å². The van der Waals surface area contributed by atoms with Crippen molar-refractivity contribution in [2.45, 2.75) is 11.4 Å². The summed E-state index contributed by atoms with van der Waals surface area (Å²) in [6.07, 6.45) is 1.70. The van der Waals surface area contributed by atoms with Gasteiger partial charge in [-0.25, -0.2) is 0 Å². The van der Waals surface area contributed by atoms with E-state index in [0.29, 0.717) is 5.75 Å². The molecular formula is C9H8Br2N2O2S. The number of halogens is 2. The molecule has 0 saturated carbocycles. The lowest BCUT2D eigenvalue weighted by molar-refractivity contribution is -0.138. The first kappa shape index (κ1) is 12.3. The van der Waals surface area contributed by atoms with Gasteiger partial charge >= 0.3 is 5.97 Å². The lowest BCUT2D eigenvalue weighted by Gasteiger charge is -2.12. The van der Waals surface area contributed by atoms with E-state index in [0.717, 1.165) is 14.6 Å². The van der Waals surface area contributed by atoms with Crippen molar-refractivity contribution in [3.8, 4) is 0 Å². The molecule has 2 heterocycles. The number of hydrogen-bond donors (Lipinski definition) is 2. The molecular weight excluding hydrogens is 360 g/mol. The third-order valence-electron chi connectivity index (χ3n) is 2.16. The number of rotatable bonds is 2. The van der Waals surface area contributed by atoms with E-state index in [-0.39, 0.29) is 5.37 Å². The number of aliphatic carboxylic acids is 1. The summed E-state index contributed by atoms with van der Waals surface area (Å²) in [5.74, 6) is -0.257. The Morgan fingerprint density at radius 2 is 2.38 bits per heavy atom. The standard InChI is InChI=1S/C9H8Br2N2O2S/c10-4-1-5(11)7(12-2-4)8-13-6(3-16-8)9(14)15/h1-2,6,8,13H,3H2,(H,14,15)/t6-,8?/m0/s1. The molecule has 0 bridgehead atoms. The van der Waals surface area contributed by atoms with Gasteiger partial charge < -0.3 is 5.11 Å². The molecule has 2 N–H and O–H groups in total. The first-order valence-electron chi connectivity index (χ1n) is 4.49. The van der Waals surface area contributed by atoms with E-state index in [2.05, 4.69) is 42.2 Å². The Balaban J connectivity index is 2.17. The maximum atomic E-state index is 10.8. The van der Waals surface area contributed by atoms with Crippen molar-refractivity contribution in [1.82, 2.24) is 10.3 Å². The second kappa shape index (κ2) is 5.03. The van der Waals surface area contributed by atoms with Gasteiger partial charge in [-0.15, -0.1) is 11.8 Å². The molecule has 0 radical (unpaired) electrons. The normalized spacial score (nSPS) is 24.6. The van der Waals surface area contributed by atoms with E-state index in [1.807, 2.05) is 6.07 Å². The van der Waals surface area contributed by atoms with Crippen molar-refractivity contribution < 1.29 is 9.90 Å². The molecule has 2 rings (SSSR count). The lowest BCUT2D eigenvalue weighted by atomic mass is 10.3. The van der Waals surface area contributed by atoms with Gasteiger partial charge in [0.25, 0.3) is 0 Å². The molecule has 0 aliphatic carbocycles. The van der Waals surface area contributed by atoms with Gasteiger partial charge in [0, 0.05) is 20.9 Å². The smallest absolute Gasteiger partial charge is 0.321 e. The highest BCUT2D eigenvalue weighted by molar-refractivity contribution is 9.11. The summed E-state index contributed by atoms with van der Waals surface area (Å²) in [4.78, 5) is 15.1. The Kier molecular flexibility index (Phi) is 3.89. The van der Waals surface area contributed by atoms with Crippen LogP contribution in [-0.2, 0) is 4.79 Å². The third-order valence-corrected chi connectivity index (χ3v) is 4.45. The van der Waals surface area contributed by atoms with Gasteiger partial charge in [0.15, 0.2) is 0 Å². The van der Waals surface area contributed by atoms with Gasteiger partial charge in [0.1, 0.15) is 6.04 Å². The zero-order chi connectivity index (χ0) is 11.7. The Labute approximate surface area is 113 Å². The fraction of sp³-hybridized carbons (Fsp3) is 0.333. The topological polar surface area (TPSA) is 62.2 Å². The van der Waals surface area contributed by atoms with Crippen LogP contribution in [0, 0.1) is 0 Å². The van der Waals surface area contributed by atoms with Gasteiger partial charge in [0.2, 0.25) is 0 Å². The molecule has 0 amide bonds. The molecule has 7 heteroatoms. The summed E-state index contributed by atoms with van der Waals surface area (Å²) in [5, 5.41) is 11.8. The zero-order valence-corrected chi connectivity index (χ0v) is 12.0. The van der Waals surface area contributed by atoms with E-state index in [1.54, 1.807) is 18.0 Å². The summed E-state index contributed by atoms with van der Waals surface area (Å²) in [6.45, 7) is 0. The number of carboxylic acid groups (broad SMARTS) is 1. The second-order valence-electron chi connectivity index (χ2n) is 3.29. The maximum absolute atomic E-state index is 10.8. The SMILES string of the molecule is O=C(O)[C@@H]1CSC(c2ncc(Br)cc2Br)N1. The molecule has 16 heavy (non-hydrogen) atoms. The Hall–Kier alpha value is -0.110. The van der Waals surface area contributed by atoms with E-state index in [9.17, 15) is 4.79 Å². The minimum atomic E-state index is -0.816. The van der Waals surface area contributed by atoms with Crippen LogP contribution in [0.5, 0.6) is 0 Å². The van der Waals surface area contributed by atoms with Gasteiger partial charge in [-0.2, -0.15) is 0 Å². The molecule has 86 valence electrons. The van der Waals surface area contributed by atoms with Crippen molar-refractivity contribution in [3.05, 3.63) is 26.9 Å². The summed E-state index contributed by atoms with van der Waals surface area (Å²) >= 11 is 8.30. The molecule has 1 aliphatic heterocycles. The molecule has 1 aliphatic rings. The quantitative estimate of drug-likeness (QED) is 0.840. The summed E-state index contributed by atoms with van der Waals surface area (Å²) < 4.78 is 1.76. The molecule has 1 aromatic rings. The summed E-state index contributed by atoms with van der Waals surface area (Å²) in [7, 11) is 0. The van der Waals surface area contributed by atoms with Crippen LogP contribution in [0.4, 0.5) is 0 Å². The number of nitrogens with zero attached hydrogens (tertiary/aromatic N) is 1. The van der Waals surface area contributed by atoms with Crippen LogP contribution < -0.4 is 5.32 Å². The van der Waals surface area contributed by atoms with E-state index < -0.39 is 12.0 Å². The molecule has 4 nitrogen and oxygen atoms in total. The number of pyridine rings is 1. The highest BCUT2D eigenvalue weighted by atomic mass is 79.9. The number of aromatic nitrogens is 1. The second-order valence-corrected chi connectivity index (χ2v) is 6.20. The van der Waals surface area contributed by atoms with Crippen LogP contribution in [-0.4, -0.2) is 27.9 Å². The van der Waals surface area contributed by atoms with Crippen molar-refractivity contribution in [2.24, 2.45) is 0 Å². The number of carbonyl (C=O) groups is 1. The van der Waals surface area contributed by atoms with E-state index in [4.69, 9.17) is 5.11 Å². The average molecular weight is 368 g/mol. The minimum Gasteiger partial charge on any atom is -0.480 e. The zero-order valence-electron chi connectivity index (χ0n) is 7.98. The van der Waals surface area contributed by atoms with Crippen molar-refractivity contribution in [3.63, 3.8) is 0 Å². The fourth-order valence-corrected chi connectivity index (χ4v) is 3.99. The summed E-state index contributed by atoms with van der Waals surface area (Å²) in [6, 6.07) is 1.41. The number of carboxylic acids is 1. The fourth-order valence-electron chi connectivity index (χ4n) is 1.39. The van der Waals surface area contributed by atoms with Crippen molar-refractivity contribution in [2.75, 3.05) is 5.75 Å². The number of thioether (sulfide) groups is 1. The van der Waals surface area contributed by atoms with Crippen LogP contribution in [0.2, 0.25) is 0 Å². The van der Waals surface area contributed by atoms with Crippen molar-refractivity contribution in [1.29, 1.82) is 0 Å². The highest BCUT2D eigenvalue weighted by Gasteiger charge is 2.32. The Morgan fingerprint density at radius 1 is 1.62 bits per heavy atom.